The van der Waals surface area contributed by atoms with Gasteiger partial charge in [0.1, 0.15) is 0 Å². The predicted octanol–water partition coefficient (Wildman–Crippen LogP) is 3.26. The summed E-state index contributed by atoms with van der Waals surface area (Å²) in [6.45, 7) is 1.17. The first kappa shape index (κ1) is 18.9. The van der Waals surface area contributed by atoms with Gasteiger partial charge in [0.25, 0.3) is 5.56 Å². The van der Waals surface area contributed by atoms with Crippen LogP contribution in [0.5, 0.6) is 0 Å². The van der Waals surface area contributed by atoms with E-state index in [2.05, 4.69) is 34.1 Å². The van der Waals surface area contributed by atoms with Crippen molar-refractivity contribution in [3.05, 3.63) is 76.1 Å². The van der Waals surface area contributed by atoms with Crippen molar-refractivity contribution < 1.29 is 9.13 Å². The van der Waals surface area contributed by atoms with Crippen LogP contribution in [-0.4, -0.2) is 33.7 Å². The fraction of sp³-hybridized carbons (Fsp3) is 0.348. The van der Waals surface area contributed by atoms with E-state index >= 15 is 0 Å². The SMILES string of the molecule is Cn1c(N2CCOC3C[C@@H]2CCc2ccccc23)nc(-c2ccncc2F)cc1=O. The number of hydrogen-bond acceptors (Lipinski definition) is 5. The van der Waals surface area contributed by atoms with E-state index in [1.165, 1.54) is 23.4 Å². The lowest BCUT2D eigenvalue weighted by molar-refractivity contribution is 0.0623. The van der Waals surface area contributed by atoms with Crippen molar-refractivity contribution in [3.8, 4) is 11.3 Å². The third-order valence-electron chi connectivity index (χ3n) is 6.14. The molecule has 1 saturated heterocycles. The smallest absolute Gasteiger partial charge is 0.255 e. The van der Waals surface area contributed by atoms with E-state index in [1.54, 1.807) is 17.7 Å². The number of pyridine rings is 1. The number of ether oxygens (including phenoxy) is 1. The van der Waals surface area contributed by atoms with Crippen molar-refractivity contribution in [3.63, 3.8) is 0 Å². The van der Waals surface area contributed by atoms with Crippen LogP contribution in [0.15, 0.2) is 53.6 Å². The van der Waals surface area contributed by atoms with Crippen LogP contribution in [0.2, 0.25) is 0 Å². The molecule has 6 nitrogen and oxygen atoms in total. The standard InChI is InChI=1S/C23H23FN4O2/c1-27-22(29)13-20(18-8-9-25-14-19(18)24)26-23(27)28-10-11-30-21-12-16(28)7-6-15-4-2-3-5-17(15)21/h2-5,8-9,13-14,16,21H,6-7,10-12H2,1H3/t16-,21?/m0/s1. The molecule has 0 radical (unpaired) electrons. The van der Waals surface area contributed by atoms with E-state index in [0.717, 1.165) is 25.5 Å². The van der Waals surface area contributed by atoms with Gasteiger partial charge in [-0.05, 0) is 36.5 Å². The van der Waals surface area contributed by atoms with Gasteiger partial charge in [-0.3, -0.25) is 14.3 Å². The highest BCUT2D eigenvalue weighted by Crippen LogP contribution is 2.36. The fourth-order valence-electron chi connectivity index (χ4n) is 4.58. The second kappa shape index (κ2) is 7.65. The van der Waals surface area contributed by atoms with Crippen molar-refractivity contribution in [1.82, 2.24) is 14.5 Å². The van der Waals surface area contributed by atoms with E-state index < -0.39 is 5.82 Å². The summed E-state index contributed by atoms with van der Waals surface area (Å²) in [5.41, 5.74) is 2.97. The average molecular weight is 406 g/mol. The van der Waals surface area contributed by atoms with Crippen LogP contribution in [0.1, 0.15) is 30.1 Å². The number of halogens is 1. The summed E-state index contributed by atoms with van der Waals surface area (Å²) < 4.78 is 22.1. The zero-order valence-electron chi connectivity index (χ0n) is 16.8. The zero-order valence-corrected chi connectivity index (χ0v) is 16.8. The van der Waals surface area contributed by atoms with E-state index in [1.807, 2.05) is 0 Å². The van der Waals surface area contributed by atoms with Crippen LogP contribution in [0.25, 0.3) is 11.3 Å². The number of rotatable bonds is 2. The molecule has 2 aliphatic rings. The van der Waals surface area contributed by atoms with Gasteiger partial charge in [0.2, 0.25) is 5.95 Å². The van der Waals surface area contributed by atoms with E-state index in [-0.39, 0.29) is 23.3 Å². The molecule has 0 amide bonds. The summed E-state index contributed by atoms with van der Waals surface area (Å²) in [5.74, 6) is 0.0577. The van der Waals surface area contributed by atoms with E-state index in [9.17, 15) is 9.18 Å². The first-order valence-electron chi connectivity index (χ1n) is 10.3. The molecular formula is C23H23FN4O2. The largest absolute Gasteiger partial charge is 0.372 e. The lowest BCUT2D eigenvalue weighted by Gasteiger charge is -2.31. The maximum Gasteiger partial charge on any atom is 0.255 e. The molecule has 1 unspecified atom stereocenters. The molecular weight excluding hydrogens is 383 g/mol. The molecule has 7 heteroatoms. The van der Waals surface area contributed by atoms with Gasteiger partial charge in [0.15, 0.2) is 5.82 Å². The van der Waals surface area contributed by atoms with Gasteiger partial charge < -0.3 is 9.64 Å². The lowest BCUT2D eigenvalue weighted by Crippen LogP contribution is -2.40. The summed E-state index contributed by atoms with van der Waals surface area (Å²) in [5, 5.41) is 0. The number of aryl methyl sites for hydroxylation is 1. The maximum absolute atomic E-state index is 14.3. The van der Waals surface area contributed by atoms with Crippen LogP contribution in [-0.2, 0) is 18.2 Å². The summed E-state index contributed by atoms with van der Waals surface area (Å²) in [4.78, 5) is 23.4. The Hall–Kier alpha value is -3.06. The average Bonchev–Trinajstić information content (AvgIpc) is 3.08. The Kier molecular flexibility index (Phi) is 4.83. The quantitative estimate of drug-likeness (QED) is 0.654. The van der Waals surface area contributed by atoms with Crippen LogP contribution in [0, 0.1) is 5.82 Å². The Balaban J connectivity index is 1.56. The van der Waals surface area contributed by atoms with Crippen molar-refractivity contribution in [2.45, 2.75) is 31.4 Å². The molecule has 1 aliphatic heterocycles. The minimum absolute atomic E-state index is 0.0385. The Morgan fingerprint density at radius 3 is 2.97 bits per heavy atom. The lowest BCUT2D eigenvalue weighted by atomic mass is 10.0. The first-order valence-corrected chi connectivity index (χ1v) is 10.3. The molecule has 30 heavy (non-hydrogen) atoms. The van der Waals surface area contributed by atoms with Gasteiger partial charge in [-0.25, -0.2) is 9.37 Å². The molecule has 2 bridgehead atoms. The highest BCUT2D eigenvalue weighted by atomic mass is 19.1. The van der Waals surface area contributed by atoms with Gasteiger partial charge >= 0.3 is 0 Å². The van der Waals surface area contributed by atoms with Crippen molar-refractivity contribution in [2.75, 3.05) is 18.1 Å². The third kappa shape index (κ3) is 3.29. The molecule has 154 valence electrons. The molecule has 3 aromatic rings. The summed E-state index contributed by atoms with van der Waals surface area (Å²) in [6, 6.07) is 11.5. The third-order valence-corrected chi connectivity index (χ3v) is 6.14. The Labute approximate surface area is 174 Å². The van der Waals surface area contributed by atoms with Crippen LogP contribution < -0.4 is 10.5 Å². The molecule has 2 atom stereocenters. The van der Waals surface area contributed by atoms with E-state index in [0.29, 0.717) is 24.8 Å². The van der Waals surface area contributed by atoms with Gasteiger partial charge in [0, 0.05) is 37.5 Å². The van der Waals surface area contributed by atoms with Crippen molar-refractivity contribution in [1.29, 1.82) is 0 Å². The number of nitrogens with zero attached hydrogens (tertiary/aromatic N) is 4. The highest BCUT2D eigenvalue weighted by molar-refractivity contribution is 5.60. The van der Waals surface area contributed by atoms with Crippen molar-refractivity contribution in [2.24, 2.45) is 7.05 Å². The number of fused-ring (bicyclic) bond motifs is 4. The highest BCUT2D eigenvalue weighted by Gasteiger charge is 2.33. The van der Waals surface area contributed by atoms with Crippen molar-refractivity contribution >= 4 is 5.95 Å². The van der Waals surface area contributed by atoms with Gasteiger partial charge in [-0.1, -0.05) is 24.3 Å². The number of benzene rings is 1. The number of anilines is 1. The Morgan fingerprint density at radius 2 is 2.10 bits per heavy atom. The molecule has 1 fully saturated rings. The monoisotopic (exact) mass is 406 g/mol. The summed E-state index contributed by atoms with van der Waals surface area (Å²) in [7, 11) is 1.71. The molecule has 2 aromatic heterocycles. The fourth-order valence-corrected chi connectivity index (χ4v) is 4.58. The number of hydrogen-bond donors (Lipinski definition) is 0. The van der Waals surface area contributed by atoms with Gasteiger partial charge in [-0.15, -0.1) is 0 Å². The minimum atomic E-state index is -0.492. The van der Waals surface area contributed by atoms with Gasteiger partial charge in [-0.2, -0.15) is 0 Å². The first-order chi connectivity index (χ1) is 14.6. The number of aromatic nitrogens is 3. The predicted molar refractivity (Wildman–Crippen MR) is 112 cm³/mol. The van der Waals surface area contributed by atoms with Crippen LogP contribution in [0.3, 0.4) is 0 Å². The second-order valence-electron chi connectivity index (χ2n) is 7.87. The Bertz CT molecular complexity index is 1150. The second-order valence-corrected chi connectivity index (χ2v) is 7.87. The zero-order chi connectivity index (χ0) is 20.7. The molecule has 3 heterocycles. The van der Waals surface area contributed by atoms with Gasteiger partial charge in [0.05, 0.1) is 24.6 Å². The molecule has 1 aromatic carbocycles. The normalized spacial score (nSPS) is 20.9. The van der Waals surface area contributed by atoms with Crippen LogP contribution in [0.4, 0.5) is 10.3 Å². The molecule has 1 aliphatic carbocycles. The summed E-state index contributed by atoms with van der Waals surface area (Å²) >= 11 is 0. The molecule has 5 rings (SSSR count). The molecule has 0 saturated carbocycles. The molecule has 0 spiro atoms. The Morgan fingerprint density at radius 1 is 1.23 bits per heavy atom. The van der Waals surface area contributed by atoms with E-state index in [4.69, 9.17) is 9.72 Å². The topological polar surface area (TPSA) is 60.2 Å². The molecule has 0 N–H and O–H groups in total. The minimum Gasteiger partial charge on any atom is -0.372 e. The summed E-state index contributed by atoms with van der Waals surface area (Å²) in [6.07, 6.45) is 5.41. The van der Waals surface area contributed by atoms with Crippen LogP contribution >= 0.6 is 0 Å². The maximum atomic E-state index is 14.3.